The second-order valence-corrected chi connectivity index (χ2v) is 9.97. The van der Waals surface area contributed by atoms with Gasteiger partial charge in [0.25, 0.3) is 5.69 Å². The number of nitro groups is 1. The summed E-state index contributed by atoms with van der Waals surface area (Å²) >= 11 is 1.64. The normalized spacial score (nSPS) is 24.0. The van der Waals surface area contributed by atoms with Crippen LogP contribution in [0.15, 0.2) is 41.8 Å². The highest BCUT2D eigenvalue weighted by atomic mass is 32.1. The molecule has 0 radical (unpaired) electrons. The van der Waals surface area contributed by atoms with Gasteiger partial charge in [-0.2, -0.15) is 0 Å². The molecule has 166 valence electrons. The van der Waals surface area contributed by atoms with Crippen LogP contribution in [0.25, 0.3) is 0 Å². The van der Waals surface area contributed by atoms with Crippen LogP contribution in [0.3, 0.4) is 0 Å². The molecule has 1 amide bonds. The van der Waals surface area contributed by atoms with E-state index < -0.39 is 0 Å². The molecule has 1 aliphatic heterocycles. The molecule has 1 saturated heterocycles. The van der Waals surface area contributed by atoms with E-state index in [1.54, 1.807) is 23.5 Å². The number of piperidine rings is 1. The molecule has 1 saturated carbocycles. The van der Waals surface area contributed by atoms with Gasteiger partial charge in [0, 0.05) is 41.8 Å². The fraction of sp³-hybridized carbons (Fsp3) is 0.542. The minimum atomic E-state index is -0.348. The molecule has 0 spiro atoms. The van der Waals surface area contributed by atoms with Gasteiger partial charge in [-0.05, 0) is 67.5 Å². The summed E-state index contributed by atoms with van der Waals surface area (Å²) in [5.74, 6) is 1.29. The van der Waals surface area contributed by atoms with Gasteiger partial charge in [0.1, 0.15) is 0 Å². The van der Waals surface area contributed by atoms with Crippen molar-refractivity contribution in [1.82, 2.24) is 5.32 Å². The third kappa shape index (κ3) is 5.85. The summed E-state index contributed by atoms with van der Waals surface area (Å²) in [6.45, 7) is 1.99. The predicted octanol–water partition coefficient (Wildman–Crippen LogP) is 5.18. The third-order valence-corrected chi connectivity index (χ3v) is 7.63. The van der Waals surface area contributed by atoms with Crippen LogP contribution in [0.1, 0.15) is 49.8 Å². The van der Waals surface area contributed by atoms with E-state index >= 15 is 0 Å². The van der Waals surface area contributed by atoms with Crippen LogP contribution in [0.4, 0.5) is 11.4 Å². The van der Waals surface area contributed by atoms with E-state index in [1.807, 2.05) is 29.6 Å². The molecule has 2 aromatic rings. The summed E-state index contributed by atoms with van der Waals surface area (Å²) in [5.41, 5.74) is 1.21. The van der Waals surface area contributed by atoms with E-state index in [-0.39, 0.29) is 22.6 Å². The number of hydrogen-bond donors (Lipinski definition) is 1. The molecule has 4 rings (SSSR count). The van der Waals surface area contributed by atoms with Crippen molar-refractivity contribution in [2.24, 2.45) is 11.8 Å². The van der Waals surface area contributed by atoms with E-state index in [2.05, 4.69) is 10.2 Å². The zero-order valence-electron chi connectivity index (χ0n) is 17.9. The van der Waals surface area contributed by atoms with E-state index in [1.165, 1.54) is 25.7 Å². The zero-order chi connectivity index (χ0) is 21.6. The molecule has 2 aliphatic rings. The molecule has 1 aromatic heterocycles. The lowest BCUT2D eigenvalue weighted by atomic mass is 9.77. The van der Waals surface area contributed by atoms with Crippen molar-refractivity contribution in [3.05, 3.63) is 56.8 Å². The summed E-state index contributed by atoms with van der Waals surface area (Å²) in [5, 5.41) is 16.3. The summed E-state index contributed by atoms with van der Waals surface area (Å²) in [6.07, 6.45) is 8.71. The molecule has 1 unspecified atom stereocenters. The Morgan fingerprint density at radius 1 is 1.13 bits per heavy atom. The van der Waals surface area contributed by atoms with Gasteiger partial charge in [0.2, 0.25) is 5.91 Å². The maximum Gasteiger partial charge on any atom is 0.269 e. The second-order valence-electron chi connectivity index (χ2n) is 8.94. The largest absolute Gasteiger partial charge is 0.371 e. The Labute approximate surface area is 187 Å². The highest BCUT2D eigenvalue weighted by Gasteiger charge is 2.30. The monoisotopic (exact) mass is 441 g/mol. The number of carbonyl (C=O) groups is 1. The highest BCUT2D eigenvalue weighted by molar-refractivity contribution is 7.10. The van der Waals surface area contributed by atoms with E-state index in [0.29, 0.717) is 18.3 Å². The first-order chi connectivity index (χ1) is 15.1. The van der Waals surface area contributed by atoms with Crippen LogP contribution < -0.4 is 10.2 Å². The van der Waals surface area contributed by atoms with Gasteiger partial charge >= 0.3 is 0 Å². The van der Waals surface area contributed by atoms with Crippen LogP contribution in [0, 0.1) is 22.0 Å². The van der Waals surface area contributed by atoms with Crippen LogP contribution >= 0.6 is 11.3 Å². The standard InChI is InChI=1S/C24H31N3O3S/c28-24(16-22-7-4-14-31-22)25-23-8-2-1-6-19(23)15-18-5-3-13-26(17-18)20-9-11-21(12-10-20)27(29)30/h4,7,9-12,14,18-19,23H,1-3,5-6,8,13,15-17H2,(H,25,28)/t18?,19-,23+/m0/s1. The van der Waals surface area contributed by atoms with Gasteiger partial charge in [-0.1, -0.05) is 18.9 Å². The molecule has 0 bridgehead atoms. The van der Waals surface area contributed by atoms with E-state index in [0.717, 1.165) is 42.9 Å². The topological polar surface area (TPSA) is 75.5 Å². The Hall–Kier alpha value is -2.41. The lowest BCUT2D eigenvalue weighted by Crippen LogP contribution is -2.44. The van der Waals surface area contributed by atoms with Gasteiger partial charge in [-0.25, -0.2) is 0 Å². The van der Waals surface area contributed by atoms with E-state index in [9.17, 15) is 14.9 Å². The fourth-order valence-corrected chi connectivity index (χ4v) is 5.92. The smallest absolute Gasteiger partial charge is 0.269 e. The number of nitrogens with one attached hydrogen (secondary N) is 1. The molecular weight excluding hydrogens is 410 g/mol. The number of carbonyl (C=O) groups excluding carboxylic acids is 1. The Kier molecular flexibility index (Phi) is 7.22. The molecule has 6 nitrogen and oxygen atoms in total. The van der Waals surface area contributed by atoms with Crippen molar-refractivity contribution >= 4 is 28.6 Å². The van der Waals surface area contributed by atoms with Crippen LogP contribution in [-0.2, 0) is 11.2 Å². The van der Waals surface area contributed by atoms with Gasteiger partial charge in [-0.3, -0.25) is 14.9 Å². The number of non-ortho nitro benzene ring substituents is 1. The highest BCUT2D eigenvalue weighted by Crippen LogP contribution is 2.34. The zero-order valence-corrected chi connectivity index (χ0v) is 18.7. The van der Waals surface area contributed by atoms with Gasteiger partial charge in [-0.15, -0.1) is 11.3 Å². The molecule has 1 aliphatic carbocycles. The van der Waals surface area contributed by atoms with Crippen molar-refractivity contribution in [2.45, 2.75) is 57.4 Å². The fourth-order valence-electron chi connectivity index (χ4n) is 5.21. The van der Waals surface area contributed by atoms with Gasteiger partial charge in [0.15, 0.2) is 0 Å². The first-order valence-electron chi connectivity index (χ1n) is 11.4. The quantitative estimate of drug-likeness (QED) is 0.474. The SMILES string of the molecule is O=C(Cc1cccs1)N[C@@H]1CCCC[C@H]1CC1CCCN(c2ccc([N+](=O)[O-])cc2)C1. The molecule has 7 heteroatoms. The second kappa shape index (κ2) is 10.3. The number of amides is 1. The Bertz CT molecular complexity index is 869. The first-order valence-corrected chi connectivity index (χ1v) is 12.3. The number of rotatable bonds is 7. The summed E-state index contributed by atoms with van der Waals surface area (Å²) in [6, 6.07) is 11.2. The van der Waals surface area contributed by atoms with Crippen LogP contribution in [-0.4, -0.2) is 30.0 Å². The number of anilines is 1. The minimum absolute atomic E-state index is 0.139. The lowest BCUT2D eigenvalue weighted by molar-refractivity contribution is -0.384. The Morgan fingerprint density at radius 2 is 1.94 bits per heavy atom. The average Bonchev–Trinajstić information content (AvgIpc) is 3.28. The molecule has 3 atom stereocenters. The van der Waals surface area contributed by atoms with E-state index in [4.69, 9.17) is 0 Å². The van der Waals surface area contributed by atoms with Crippen molar-refractivity contribution in [3.63, 3.8) is 0 Å². The number of hydrogen-bond acceptors (Lipinski definition) is 5. The third-order valence-electron chi connectivity index (χ3n) is 6.75. The summed E-state index contributed by atoms with van der Waals surface area (Å²) in [7, 11) is 0. The Balaban J connectivity index is 1.33. The molecule has 1 N–H and O–H groups in total. The average molecular weight is 442 g/mol. The number of nitrogens with zero attached hydrogens (tertiary/aromatic N) is 2. The summed E-state index contributed by atoms with van der Waals surface area (Å²) < 4.78 is 0. The number of thiophene rings is 1. The van der Waals surface area contributed by atoms with Crippen LogP contribution in [0.5, 0.6) is 0 Å². The molecule has 31 heavy (non-hydrogen) atoms. The van der Waals surface area contributed by atoms with Crippen LogP contribution in [0.2, 0.25) is 0 Å². The molecule has 2 fully saturated rings. The van der Waals surface area contributed by atoms with Crippen molar-refractivity contribution in [1.29, 1.82) is 0 Å². The van der Waals surface area contributed by atoms with Crippen molar-refractivity contribution in [2.75, 3.05) is 18.0 Å². The predicted molar refractivity (Wildman–Crippen MR) is 125 cm³/mol. The number of benzene rings is 1. The maximum atomic E-state index is 12.6. The van der Waals surface area contributed by atoms with Gasteiger partial charge < -0.3 is 10.2 Å². The lowest BCUT2D eigenvalue weighted by Gasteiger charge is -2.39. The minimum Gasteiger partial charge on any atom is -0.371 e. The molecular formula is C24H31N3O3S. The van der Waals surface area contributed by atoms with Gasteiger partial charge in [0.05, 0.1) is 11.3 Å². The first kappa shape index (κ1) is 21.8. The number of nitro benzene ring substituents is 1. The Morgan fingerprint density at radius 3 is 2.68 bits per heavy atom. The van der Waals surface area contributed by atoms with Crippen molar-refractivity contribution < 1.29 is 9.72 Å². The maximum absolute atomic E-state index is 12.6. The molecule has 2 heterocycles. The summed E-state index contributed by atoms with van der Waals surface area (Å²) in [4.78, 5) is 26.6. The van der Waals surface area contributed by atoms with Crippen molar-refractivity contribution in [3.8, 4) is 0 Å². The molecule has 1 aromatic carbocycles.